The molecule has 0 aromatic carbocycles. The second-order valence-corrected chi connectivity index (χ2v) is 6.43. The van der Waals surface area contributed by atoms with Crippen molar-refractivity contribution in [2.75, 3.05) is 6.54 Å². The SMILES string of the molecule is C=C(CC)CC(NCCC)c1cc2c(s1)CCC2. The Morgan fingerprint density at radius 3 is 2.94 bits per heavy atom. The molecular formula is C16H25NS. The van der Waals surface area contributed by atoms with E-state index in [1.165, 1.54) is 36.1 Å². The molecule has 0 saturated carbocycles. The summed E-state index contributed by atoms with van der Waals surface area (Å²) in [5.74, 6) is 0. The molecule has 18 heavy (non-hydrogen) atoms. The van der Waals surface area contributed by atoms with E-state index in [2.05, 4.69) is 31.8 Å². The molecule has 1 aliphatic carbocycles. The number of hydrogen-bond donors (Lipinski definition) is 1. The van der Waals surface area contributed by atoms with Gasteiger partial charge in [-0.1, -0.05) is 26.0 Å². The Balaban J connectivity index is 2.08. The number of nitrogens with one attached hydrogen (secondary N) is 1. The molecule has 100 valence electrons. The average molecular weight is 263 g/mol. The van der Waals surface area contributed by atoms with E-state index in [9.17, 15) is 0 Å². The summed E-state index contributed by atoms with van der Waals surface area (Å²) < 4.78 is 0. The Morgan fingerprint density at radius 2 is 2.28 bits per heavy atom. The van der Waals surface area contributed by atoms with Crippen LogP contribution in [0.5, 0.6) is 0 Å². The zero-order valence-electron chi connectivity index (χ0n) is 11.7. The van der Waals surface area contributed by atoms with Crippen molar-refractivity contribution in [1.82, 2.24) is 5.32 Å². The molecule has 1 aromatic rings. The second kappa shape index (κ2) is 6.53. The number of hydrogen-bond acceptors (Lipinski definition) is 2. The molecule has 0 aliphatic heterocycles. The third kappa shape index (κ3) is 3.24. The van der Waals surface area contributed by atoms with Crippen LogP contribution in [0.4, 0.5) is 0 Å². The van der Waals surface area contributed by atoms with Crippen LogP contribution < -0.4 is 5.32 Å². The number of thiophene rings is 1. The largest absolute Gasteiger partial charge is 0.309 e. The monoisotopic (exact) mass is 263 g/mol. The highest BCUT2D eigenvalue weighted by Gasteiger charge is 2.20. The zero-order valence-corrected chi connectivity index (χ0v) is 12.5. The normalized spacial score (nSPS) is 15.7. The summed E-state index contributed by atoms with van der Waals surface area (Å²) in [6.45, 7) is 9.71. The van der Waals surface area contributed by atoms with Gasteiger partial charge >= 0.3 is 0 Å². The van der Waals surface area contributed by atoms with Crippen LogP contribution in [0.2, 0.25) is 0 Å². The van der Waals surface area contributed by atoms with E-state index in [4.69, 9.17) is 0 Å². The summed E-state index contributed by atoms with van der Waals surface area (Å²) in [5, 5.41) is 3.69. The molecule has 0 amide bonds. The lowest BCUT2D eigenvalue weighted by molar-refractivity contribution is 0.530. The Kier molecular flexibility index (Phi) is 5.02. The third-order valence-electron chi connectivity index (χ3n) is 3.74. The minimum absolute atomic E-state index is 0.494. The molecule has 2 rings (SSSR count). The summed E-state index contributed by atoms with van der Waals surface area (Å²) in [7, 11) is 0. The van der Waals surface area contributed by atoms with Crippen LogP contribution in [0.1, 0.15) is 60.9 Å². The van der Waals surface area contributed by atoms with E-state index in [0.29, 0.717) is 6.04 Å². The van der Waals surface area contributed by atoms with Gasteiger partial charge < -0.3 is 5.32 Å². The van der Waals surface area contributed by atoms with Gasteiger partial charge in [-0.2, -0.15) is 0 Å². The molecule has 0 spiro atoms. The van der Waals surface area contributed by atoms with Crippen LogP contribution in [0, 0.1) is 0 Å². The summed E-state index contributed by atoms with van der Waals surface area (Å²) in [6, 6.07) is 2.94. The summed E-state index contributed by atoms with van der Waals surface area (Å²) in [6.07, 6.45) is 7.33. The topological polar surface area (TPSA) is 12.0 Å². The van der Waals surface area contributed by atoms with Crippen molar-refractivity contribution >= 4 is 11.3 Å². The van der Waals surface area contributed by atoms with Crippen molar-refractivity contribution in [2.45, 2.75) is 58.4 Å². The Hall–Kier alpha value is -0.600. The van der Waals surface area contributed by atoms with Gasteiger partial charge in [0, 0.05) is 15.8 Å². The van der Waals surface area contributed by atoms with Gasteiger partial charge in [0.1, 0.15) is 0 Å². The van der Waals surface area contributed by atoms with E-state index in [0.717, 1.165) is 19.4 Å². The fourth-order valence-electron chi connectivity index (χ4n) is 2.55. The highest BCUT2D eigenvalue weighted by molar-refractivity contribution is 7.12. The molecule has 2 heteroatoms. The quantitative estimate of drug-likeness (QED) is 0.707. The zero-order chi connectivity index (χ0) is 13.0. The van der Waals surface area contributed by atoms with E-state index in [1.54, 1.807) is 10.4 Å². The van der Waals surface area contributed by atoms with Crippen LogP contribution >= 0.6 is 11.3 Å². The maximum absolute atomic E-state index is 4.17. The van der Waals surface area contributed by atoms with Crippen molar-refractivity contribution < 1.29 is 0 Å². The predicted molar refractivity (Wildman–Crippen MR) is 81.4 cm³/mol. The smallest absolute Gasteiger partial charge is 0.0452 e. The molecule has 1 nitrogen and oxygen atoms in total. The first-order valence-corrected chi connectivity index (χ1v) is 8.07. The lowest BCUT2D eigenvalue weighted by Gasteiger charge is -2.18. The van der Waals surface area contributed by atoms with Gasteiger partial charge in [0.25, 0.3) is 0 Å². The standard InChI is InChI=1S/C16H25NS/c1-4-9-17-14(10-12(3)5-2)16-11-13-7-6-8-15(13)18-16/h11,14,17H,3-10H2,1-2H3. The van der Waals surface area contributed by atoms with Crippen LogP contribution in [0.15, 0.2) is 18.2 Å². The van der Waals surface area contributed by atoms with E-state index < -0.39 is 0 Å². The fraction of sp³-hybridized carbons (Fsp3) is 0.625. The lowest BCUT2D eigenvalue weighted by Crippen LogP contribution is -2.21. The molecule has 0 saturated heterocycles. The van der Waals surface area contributed by atoms with Gasteiger partial charge in [-0.05, 0) is 56.7 Å². The molecule has 1 atom stereocenters. The van der Waals surface area contributed by atoms with Gasteiger partial charge in [-0.25, -0.2) is 0 Å². The van der Waals surface area contributed by atoms with Gasteiger partial charge in [0.05, 0.1) is 0 Å². The molecule has 0 radical (unpaired) electrons. The van der Waals surface area contributed by atoms with Gasteiger partial charge in [0.2, 0.25) is 0 Å². The Labute approximate surface area is 115 Å². The maximum atomic E-state index is 4.17. The molecule has 1 unspecified atom stereocenters. The molecule has 0 bridgehead atoms. The molecule has 1 aromatic heterocycles. The number of fused-ring (bicyclic) bond motifs is 1. The van der Waals surface area contributed by atoms with E-state index in [-0.39, 0.29) is 0 Å². The maximum Gasteiger partial charge on any atom is 0.0452 e. The summed E-state index contributed by atoms with van der Waals surface area (Å²) in [5.41, 5.74) is 2.97. The van der Waals surface area contributed by atoms with Crippen LogP contribution in [0.3, 0.4) is 0 Å². The van der Waals surface area contributed by atoms with Crippen molar-refractivity contribution in [3.05, 3.63) is 33.5 Å². The van der Waals surface area contributed by atoms with Gasteiger partial charge in [0.15, 0.2) is 0 Å². The molecule has 0 fully saturated rings. The van der Waals surface area contributed by atoms with Gasteiger partial charge in [-0.15, -0.1) is 11.3 Å². The molecular weight excluding hydrogens is 238 g/mol. The van der Waals surface area contributed by atoms with Crippen LogP contribution in [-0.2, 0) is 12.8 Å². The Morgan fingerprint density at radius 1 is 1.44 bits per heavy atom. The van der Waals surface area contributed by atoms with Crippen LogP contribution in [0.25, 0.3) is 0 Å². The first kappa shape index (κ1) is 13.8. The second-order valence-electron chi connectivity index (χ2n) is 5.27. The Bertz CT molecular complexity index is 384. The molecule has 1 heterocycles. The third-order valence-corrected chi connectivity index (χ3v) is 5.09. The van der Waals surface area contributed by atoms with Crippen LogP contribution in [-0.4, -0.2) is 6.54 Å². The predicted octanol–water partition coefficient (Wildman–Crippen LogP) is 4.63. The summed E-state index contributed by atoms with van der Waals surface area (Å²) >= 11 is 2.03. The van der Waals surface area contributed by atoms with Crippen molar-refractivity contribution in [1.29, 1.82) is 0 Å². The molecule has 1 N–H and O–H groups in total. The first-order valence-electron chi connectivity index (χ1n) is 7.26. The minimum Gasteiger partial charge on any atom is -0.309 e. The van der Waals surface area contributed by atoms with E-state index >= 15 is 0 Å². The van der Waals surface area contributed by atoms with Crippen molar-refractivity contribution in [3.63, 3.8) is 0 Å². The highest BCUT2D eigenvalue weighted by atomic mass is 32.1. The van der Waals surface area contributed by atoms with E-state index in [1.807, 2.05) is 11.3 Å². The fourth-order valence-corrected chi connectivity index (χ4v) is 3.88. The summed E-state index contributed by atoms with van der Waals surface area (Å²) in [4.78, 5) is 3.16. The number of rotatable bonds is 7. The average Bonchev–Trinajstić information content (AvgIpc) is 2.94. The first-order chi connectivity index (χ1) is 8.74. The highest BCUT2D eigenvalue weighted by Crippen LogP contribution is 2.35. The minimum atomic E-state index is 0.494. The van der Waals surface area contributed by atoms with Gasteiger partial charge in [-0.3, -0.25) is 0 Å². The van der Waals surface area contributed by atoms with Crippen molar-refractivity contribution in [3.8, 4) is 0 Å². The lowest BCUT2D eigenvalue weighted by atomic mass is 10.0. The van der Waals surface area contributed by atoms with Crippen molar-refractivity contribution in [2.24, 2.45) is 0 Å². The molecule has 1 aliphatic rings. The number of aryl methyl sites for hydroxylation is 2.